The number of carboxylic acid groups (broad SMARTS) is 1. The summed E-state index contributed by atoms with van der Waals surface area (Å²) in [6.45, 7) is 4.85. The van der Waals surface area contributed by atoms with Gasteiger partial charge in [0.1, 0.15) is 52.0 Å². The zero-order chi connectivity index (χ0) is 37.6. The van der Waals surface area contributed by atoms with Crippen molar-refractivity contribution < 1.29 is 19.4 Å². The zero-order valence-electron chi connectivity index (χ0n) is 28.9. The molecule has 7 N–H and O–H groups in total. The Kier molecular flexibility index (Phi) is 15.2. The highest BCUT2D eigenvalue weighted by Crippen LogP contribution is 2.37. The summed E-state index contributed by atoms with van der Waals surface area (Å²) in [5.41, 5.74) is 15.0. The molecular weight excluding hydrogens is 720 g/mol. The Morgan fingerprint density at radius 1 is 1.02 bits per heavy atom. The summed E-state index contributed by atoms with van der Waals surface area (Å²) in [5.74, 6) is -0.350. The van der Waals surface area contributed by atoms with Crippen LogP contribution in [0.3, 0.4) is 0 Å². The number of anilines is 1. The molecule has 0 unspecified atom stereocenters. The van der Waals surface area contributed by atoms with Crippen molar-refractivity contribution in [3.05, 3.63) is 75.8 Å². The highest BCUT2D eigenvalue weighted by molar-refractivity contribution is 7.98. The Morgan fingerprint density at radius 2 is 1.71 bits per heavy atom. The molecule has 0 aliphatic carbocycles. The van der Waals surface area contributed by atoms with Gasteiger partial charge in [-0.15, -0.1) is 11.3 Å². The standard InChI is InChI=1S/C37H41ClN8O4S2/c1-22(2)17-31(37(48)49)45-34(47)30(5-3-4-14-39)43-15-16-50-27-12-8-23(9-13-27)32-28(18-40)33(42)46-36(29(32)19-41)52-21-26-20-51-35(44-26)24-6-10-25(38)11-7-24/h6-13,20,22,30-31,43H,3-5,14-17,21,39H2,1-2H3,(H2,42,46)(H,45,47)(H,48,49)/t30-,31-/m0/s1. The number of aromatic nitrogens is 2. The SMILES string of the molecule is CC(C)C[C@H](NC(=O)[C@H](CCCCN)NCCOc1ccc(-c2c(C#N)c(N)nc(SCc3csc(-c4ccc(Cl)cc4)n3)c2C#N)cc1)C(=O)O. The average molecular weight is 761 g/mol. The predicted octanol–water partition coefficient (Wildman–Crippen LogP) is 6.22. The van der Waals surface area contributed by atoms with Gasteiger partial charge in [0.15, 0.2) is 0 Å². The van der Waals surface area contributed by atoms with Gasteiger partial charge in [-0.3, -0.25) is 4.79 Å². The van der Waals surface area contributed by atoms with Crippen molar-refractivity contribution in [2.24, 2.45) is 11.7 Å². The molecule has 12 nitrogen and oxygen atoms in total. The van der Waals surface area contributed by atoms with E-state index in [0.29, 0.717) is 65.0 Å². The molecule has 272 valence electrons. The van der Waals surface area contributed by atoms with Crippen molar-refractivity contribution >= 4 is 52.4 Å². The minimum atomic E-state index is -1.07. The number of thioether (sulfide) groups is 1. The Balaban J connectivity index is 1.42. The number of nitrogens with zero attached hydrogens (tertiary/aromatic N) is 4. The van der Waals surface area contributed by atoms with Crippen LogP contribution in [0.5, 0.6) is 5.75 Å². The summed E-state index contributed by atoms with van der Waals surface area (Å²) >= 11 is 8.84. The molecule has 4 aromatic rings. The molecule has 4 rings (SSSR count). The van der Waals surface area contributed by atoms with Gasteiger partial charge in [-0.2, -0.15) is 10.5 Å². The number of thiazole rings is 1. The molecule has 15 heteroatoms. The molecule has 2 heterocycles. The number of benzene rings is 2. The lowest BCUT2D eigenvalue weighted by Gasteiger charge is -2.22. The topological polar surface area (TPSA) is 213 Å². The number of aliphatic carboxylic acids is 1. The van der Waals surface area contributed by atoms with E-state index in [1.807, 2.05) is 43.5 Å². The number of nitrogens with two attached hydrogens (primary N) is 2. The van der Waals surface area contributed by atoms with Crippen molar-refractivity contribution in [3.63, 3.8) is 0 Å². The number of nitrogen functional groups attached to an aromatic ring is 1. The van der Waals surface area contributed by atoms with Crippen LogP contribution >= 0.6 is 34.7 Å². The molecule has 0 saturated carbocycles. The number of carbonyl (C=O) groups excluding carboxylic acids is 1. The Labute approximate surface area is 316 Å². The molecule has 2 aromatic carbocycles. The van der Waals surface area contributed by atoms with Crippen LogP contribution in [0.1, 0.15) is 56.4 Å². The van der Waals surface area contributed by atoms with Gasteiger partial charge in [0.2, 0.25) is 5.91 Å². The third kappa shape index (κ3) is 11.1. The minimum Gasteiger partial charge on any atom is -0.492 e. The van der Waals surface area contributed by atoms with Crippen molar-refractivity contribution in [2.75, 3.05) is 25.4 Å². The van der Waals surface area contributed by atoms with Crippen LogP contribution in [0.15, 0.2) is 58.9 Å². The number of hydrogen-bond acceptors (Lipinski definition) is 12. The molecular formula is C37H41ClN8O4S2. The van der Waals surface area contributed by atoms with Crippen LogP contribution in [0.4, 0.5) is 5.82 Å². The minimum absolute atomic E-state index is 0.0227. The number of unbranched alkanes of at least 4 members (excludes halogenated alkanes) is 1. The van der Waals surface area contributed by atoms with Crippen molar-refractivity contribution in [1.82, 2.24) is 20.6 Å². The molecule has 0 saturated heterocycles. The number of carbonyl (C=O) groups is 2. The fraction of sp³-hybridized carbons (Fsp3) is 0.351. The van der Waals surface area contributed by atoms with E-state index in [4.69, 9.17) is 32.8 Å². The number of amides is 1. The second-order valence-corrected chi connectivity index (χ2v) is 14.5. The van der Waals surface area contributed by atoms with Gasteiger partial charge in [-0.05, 0) is 61.6 Å². The van der Waals surface area contributed by atoms with Gasteiger partial charge in [0, 0.05) is 33.8 Å². The Bertz CT molecular complexity index is 1910. The number of nitrogens with one attached hydrogen (secondary N) is 2. The van der Waals surface area contributed by atoms with E-state index in [-0.39, 0.29) is 35.4 Å². The average Bonchev–Trinajstić information content (AvgIpc) is 3.60. The quantitative estimate of drug-likeness (QED) is 0.0532. The molecule has 0 fully saturated rings. The van der Waals surface area contributed by atoms with Crippen LogP contribution in [-0.4, -0.2) is 58.7 Å². The normalized spacial score (nSPS) is 12.1. The van der Waals surface area contributed by atoms with Gasteiger partial charge in [-0.1, -0.05) is 67.9 Å². The van der Waals surface area contributed by atoms with E-state index in [1.165, 1.54) is 23.1 Å². The van der Waals surface area contributed by atoms with Crippen molar-refractivity contribution in [1.29, 1.82) is 10.5 Å². The van der Waals surface area contributed by atoms with Gasteiger partial charge >= 0.3 is 5.97 Å². The molecule has 0 spiro atoms. The van der Waals surface area contributed by atoms with E-state index in [0.717, 1.165) is 22.7 Å². The van der Waals surface area contributed by atoms with Crippen LogP contribution in [0.25, 0.3) is 21.7 Å². The van der Waals surface area contributed by atoms with Crippen molar-refractivity contribution in [2.45, 2.75) is 62.4 Å². The molecule has 0 aliphatic heterocycles. The second kappa shape index (κ2) is 19.8. The fourth-order valence-corrected chi connectivity index (χ4v) is 7.28. The van der Waals surface area contributed by atoms with Gasteiger partial charge in [0.25, 0.3) is 0 Å². The lowest BCUT2D eigenvalue weighted by Crippen LogP contribution is -2.51. The first-order valence-corrected chi connectivity index (χ1v) is 19.0. The predicted molar refractivity (Wildman–Crippen MR) is 205 cm³/mol. The number of ether oxygens (including phenoxy) is 1. The summed E-state index contributed by atoms with van der Waals surface area (Å²) < 4.78 is 5.92. The van der Waals surface area contributed by atoms with Crippen LogP contribution in [0, 0.1) is 28.6 Å². The maximum absolute atomic E-state index is 13.0. The number of pyridine rings is 1. The smallest absolute Gasteiger partial charge is 0.326 e. The first-order chi connectivity index (χ1) is 25.0. The third-order valence-corrected chi connectivity index (χ3v) is 10.1. The van der Waals surface area contributed by atoms with Crippen molar-refractivity contribution in [3.8, 4) is 39.6 Å². The maximum Gasteiger partial charge on any atom is 0.326 e. The lowest BCUT2D eigenvalue weighted by molar-refractivity contribution is -0.142. The highest BCUT2D eigenvalue weighted by atomic mass is 35.5. The first kappa shape index (κ1) is 40.1. The number of nitriles is 2. The van der Waals surface area contributed by atoms with E-state index in [1.54, 1.807) is 24.3 Å². The molecule has 0 bridgehead atoms. The summed E-state index contributed by atoms with van der Waals surface area (Å²) in [7, 11) is 0. The molecule has 2 atom stereocenters. The maximum atomic E-state index is 13.0. The van der Waals surface area contributed by atoms with E-state index in [2.05, 4.69) is 27.8 Å². The summed E-state index contributed by atoms with van der Waals surface area (Å²) in [5, 5.41) is 39.5. The van der Waals surface area contributed by atoms with E-state index < -0.39 is 18.1 Å². The Morgan fingerprint density at radius 3 is 2.35 bits per heavy atom. The molecule has 0 radical (unpaired) electrons. The zero-order valence-corrected chi connectivity index (χ0v) is 31.3. The van der Waals surface area contributed by atoms with E-state index >= 15 is 0 Å². The molecule has 1 amide bonds. The molecule has 52 heavy (non-hydrogen) atoms. The first-order valence-electron chi connectivity index (χ1n) is 16.7. The number of carboxylic acids is 1. The number of rotatable bonds is 19. The number of halogens is 1. The van der Waals surface area contributed by atoms with Gasteiger partial charge in [0.05, 0.1) is 17.3 Å². The Hall–Kier alpha value is -4.70. The van der Waals surface area contributed by atoms with E-state index in [9.17, 15) is 25.2 Å². The third-order valence-electron chi connectivity index (χ3n) is 7.90. The van der Waals surface area contributed by atoms with Gasteiger partial charge < -0.3 is 31.9 Å². The summed E-state index contributed by atoms with van der Waals surface area (Å²) in [6, 6.07) is 17.1. The fourth-order valence-electron chi connectivity index (χ4n) is 5.34. The monoisotopic (exact) mass is 760 g/mol. The highest BCUT2D eigenvalue weighted by Gasteiger charge is 2.26. The van der Waals surface area contributed by atoms with Crippen LogP contribution in [0.2, 0.25) is 5.02 Å². The van der Waals surface area contributed by atoms with Gasteiger partial charge in [-0.25, -0.2) is 14.8 Å². The van der Waals surface area contributed by atoms with Crippen LogP contribution < -0.4 is 26.8 Å². The lowest BCUT2D eigenvalue weighted by atomic mass is 9.97. The van der Waals surface area contributed by atoms with Crippen LogP contribution in [-0.2, 0) is 15.3 Å². The molecule has 0 aliphatic rings. The number of hydrogen-bond donors (Lipinski definition) is 5. The second-order valence-electron chi connectivity index (χ2n) is 12.3. The summed E-state index contributed by atoms with van der Waals surface area (Å²) in [4.78, 5) is 33.8. The summed E-state index contributed by atoms with van der Waals surface area (Å²) in [6.07, 6.45) is 2.27. The molecule has 2 aromatic heterocycles. The largest absolute Gasteiger partial charge is 0.492 e.